The van der Waals surface area contributed by atoms with Crippen molar-refractivity contribution in [2.24, 2.45) is 11.5 Å². The van der Waals surface area contributed by atoms with E-state index in [9.17, 15) is 28.8 Å². The van der Waals surface area contributed by atoms with Gasteiger partial charge in [-0.25, -0.2) is 4.79 Å². The molecule has 0 heterocycles. The van der Waals surface area contributed by atoms with Crippen LogP contribution in [0.5, 0.6) is 0 Å². The first-order chi connectivity index (χ1) is 15.9. The first-order valence-corrected chi connectivity index (χ1v) is 11.5. The van der Waals surface area contributed by atoms with E-state index in [2.05, 4.69) is 21.3 Å². The molecular weight excluding hydrogens is 476 g/mol. The number of amides is 5. The Morgan fingerprint density at radius 2 is 1.35 bits per heavy atom. The highest BCUT2D eigenvalue weighted by atomic mass is 32.2. The third-order valence-electron chi connectivity index (χ3n) is 4.36. The van der Waals surface area contributed by atoms with E-state index in [4.69, 9.17) is 26.8 Å². The van der Waals surface area contributed by atoms with E-state index in [1.807, 2.05) is 0 Å². The highest BCUT2D eigenvalue weighted by molar-refractivity contribution is 7.98. The monoisotopic (exact) mass is 508 g/mol. The predicted molar refractivity (Wildman–Crippen MR) is 120 cm³/mol. The van der Waals surface area contributed by atoms with Gasteiger partial charge < -0.3 is 48.1 Å². The summed E-state index contributed by atoms with van der Waals surface area (Å²) < 4.78 is 0. The number of aliphatic carboxylic acids is 1. The third kappa shape index (κ3) is 11.3. The number of nitrogens with two attached hydrogens (primary N) is 2. The Kier molecular flexibility index (Phi) is 14.4. The van der Waals surface area contributed by atoms with Crippen LogP contribution in [0.15, 0.2) is 0 Å². The molecule has 16 heteroatoms. The summed E-state index contributed by atoms with van der Waals surface area (Å²) in [6, 6.07) is -6.82. The molecule has 0 aliphatic carbocycles. The summed E-state index contributed by atoms with van der Waals surface area (Å²) in [7, 11) is 0. The topological polar surface area (TPSA) is 263 Å². The zero-order chi connectivity index (χ0) is 26.4. The molecular formula is C18H32N6O9S. The van der Waals surface area contributed by atoms with Crippen molar-refractivity contribution < 1.29 is 44.1 Å². The van der Waals surface area contributed by atoms with E-state index in [-0.39, 0.29) is 6.42 Å². The molecule has 0 aromatic carbocycles. The number of carboxylic acid groups (broad SMARTS) is 1. The summed E-state index contributed by atoms with van der Waals surface area (Å²) in [6.45, 7) is -0.301. The number of hydrogen-bond donors (Lipinski definition) is 9. The SMILES string of the molecule is CSCC[C@H](NC(=O)[C@H](C)NC(=O)[C@H](CC(N)=O)NC(=O)[C@@H](N)CO)C(=O)N[C@@H](CO)C(=O)O. The maximum atomic E-state index is 12.6. The third-order valence-corrected chi connectivity index (χ3v) is 5.01. The fraction of sp³-hybridized carbons (Fsp3) is 0.667. The van der Waals surface area contributed by atoms with Gasteiger partial charge in [-0.15, -0.1) is 0 Å². The molecule has 0 spiro atoms. The molecule has 0 aliphatic rings. The Hall–Kier alpha value is -2.95. The minimum atomic E-state index is -1.57. The summed E-state index contributed by atoms with van der Waals surface area (Å²) in [6.07, 6.45) is 1.26. The molecule has 0 radical (unpaired) electrons. The number of carbonyl (C=O) groups excluding carboxylic acids is 5. The Labute approximate surface area is 199 Å². The molecule has 0 aliphatic heterocycles. The number of primary amides is 1. The molecule has 11 N–H and O–H groups in total. The molecule has 0 fully saturated rings. The summed E-state index contributed by atoms with van der Waals surface area (Å²) >= 11 is 1.37. The van der Waals surface area contributed by atoms with Gasteiger partial charge in [0.05, 0.1) is 19.6 Å². The lowest BCUT2D eigenvalue weighted by atomic mass is 10.1. The number of nitrogens with one attached hydrogen (secondary N) is 4. The molecule has 0 saturated carbocycles. The number of carbonyl (C=O) groups is 6. The van der Waals surface area contributed by atoms with Crippen LogP contribution in [0.25, 0.3) is 0 Å². The van der Waals surface area contributed by atoms with Crippen LogP contribution >= 0.6 is 11.8 Å². The highest BCUT2D eigenvalue weighted by Gasteiger charge is 2.30. The van der Waals surface area contributed by atoms with E-state index in [1.165, 1.54) is 18.7 Å². The maximum Gasteiger partial charge on any atom is 0.328 e. The summed E-state index contributed by atoms with van der Waals surface area (Å²) in [4.78, 5) is 71.6. The van der Waals surface area contributed by atoms with E-state index in [0.29, 0.717) is 5.75 Å². The molecule has 0 aromatic heterocycles. The van der Waals surface area contributed by atoms with Gasteiger partial charge in [-0.3, -0.25) is 24.0 Å². The van der Waals surface area contributed by atoms with Crippen LogP contribution in [-0.2, 0) is 28.8 Å². The quantitative estimate of drug-likeness (QED) is 0.0952. The molecule has 0 aromatic rings. The Bertz CT molecular complexity index is 753. The summed E-state index contributed by atoms with van der Waals surface area (Å²) in [5.41, 5.74) is 10.5. The van der Waals surface area contributed by atoms with Crippen LogP contribution in [0.3, 0.4) is 0 Å². The van der Waals surface area contributed by atoms with Crippen molar-refractivity contribution >= 4 is 47.3 Å². The van der Waals surface area contributed by atoms with Gasteiger partial charge in [0.25, 0.3) is 0 Å². The van der Waals surface area contributed by atoms with Crippen molar-refractivity contribution in [1.82, 2.24) is 21.3 Å². The number of carboxylic acids is 1. The number of rotatable bonds is 16. The van der Waals surface area contributed by atoms with E-state index in [0.717, 1.165) is 0 Å². The standard InChI is InChI=1S/C18H32N6O9S/c1-8(21-17(31)11(5-13(20)27)23-15(29)9(19)6-25)14(28)22-10(3-4-34-2)16(30)24-12(7-26)18(32)33/h8-12,25-26H,3-7,19H2,1-2H3,(H2,20,27)(H,21,31)(H,22,28)(H,23,29)(H,24,30)(H,32,33)/t8-,9-,10-,11-,12-/m0/s1. The lowest BCUT2D eigenvalue weighted by Crippen LogP contribution is -2.58. The first kappa shape index (κ1) is 31.0. The normalized spacial score (nSPS) is 15.1. The molecule has 5 atom stereocenters. The van der Waals surface area contributed by atoms with Crippen LogP contribution in [0, 0.1) is 0 Å². The van der Waals surface area contributed by atoms with E-state index in [1.54, 1.807) is 6.26 Å². The van der Waals surface area contributed by atoms with E-state index < -0.39 is 85.3 Å². The van der Waals surface area contributed by atoms with Gasteiger partial charge in [0.2, 0.25) is 29.5 Å². The van der Waals surface area contributed by atoms with Crippen LogP contribution in [0.1, 0.15) is 19.8 Å². The molecule has 0 bridgehead atoms. The zero-order valence-electron chi connectivity index (χ0n) is 18.8. The van der Waals surface area contributed by atoms with Gasteiger partial charge in [0.15, 0.2) is 0 Å². The van der Waals surface area contributed by atoms with Crippen molar-refractivity contribution in [3.8, 4) is 0 Å². The fourth-order valence-electron chi connectivity index (χ4n) is 2.41. The fourth-order valence-corrected chi connectivity index (χ4v) is 2.88. The van der Waals surface area contributed by atoms with Crippen LogP contribution in [-0.4, -0.2) is 106 Å². The molecule has 0 saturated heterocycles. The van der Waals surface area contributed by atoms with Crippen LogP contribution in [0.4, 0.5) is 0 Å². The Morgan fingerprint density at radius 1 is 0.824 bits per heavy atom. The van der Waals surface area contributed by atoms with E-state index >= 15 is 0 Å². The maximum absolute atomic E-state index is 12.6. The predicted octanol–water partition coefficient (Wildman–Crippen LogP) is -5.03. The van der Waals surface area contributed by atoms with Crippen molar-refractivity contribution in [3.63, 3.8) is 0 Å². The lowest BCUT2D eigenvalue weighted by Gasteiger charge is -2.24. The minimum absolute atomic E-state index is 0.122. The van der Waals surface area contributed by atoms with Crippen molar-refractivity contribution in [3.05, 3.63) is 0 Å². The number of hydrogen-bond acceptors (Lipinski definition) is 10. The average molecular weight is 509 g/mol. The first-order valence-electron chi connectivity index (χ1n) is 10.1. The second-order valence-electron chi connectivity index (χ2n) is 7.18. The van der Waals surface area contributed by atoms with Gasteiger partial charge in [-0.2, -0.15) is 11.8 Å². The summed E-state index contributed by atoms with van der Waals surface area (Å²) in [5, 5.41) is 35.9. The highest BCUT2D eigenvalue weighted by Crippen LogP contribution is 2.03. The Balaban J connectivity index is 5.28. The second-order valence-corrected chi connectivity index (χ2v) is 8.16. The van der Waals surface area contributed by atoms with Crippen LogP contribution < -0.4 is 32.7 Å². The smallest absolute Gasteiger partial charge is 0.328 e. The molecule has 0 unspecified atom stereocenters. The molecule has 5 amide bonds. The minimum Gasteiger partial charge on any atom is -0.480 e. The average Bonchev–Trinajstić information content (AvgIpc) is 2.77. The molecule has 15 nitrogen and oxygen atoms in total. The Morgan fingerprint density at radius 3 is 1.82 bits per heavy atom. The number of thioether (sulfide) groups is 1. The number of aliphatic hydroxyl groups excluding tert-OH is 2. The summed E-state index contributed by atoms with van der Waals surface area (Å²) in [5.74, 6) is -5.51. The van der Waals surface area contributed by atoms with Gasteiger partial charge in [0.1, 0.15) is 30.2 Å². The van der Waals surface area contributed by atoms with Crippen molar-refractivity contribution in [2.75, 3.05) is 25.2 Å². The lowest BCUT2D eigenvalue weighted by molar-refractivity contribution is -0.143. The van der Waals surface area contributed by atoms with Gasteiger partial charge in [-0.05, 0) is 25.4 Å². The zero-order valence-corrected chi connectivity index (χ0v) is 19.6. The van der Waals surface area contributed by atoms with Gasteiger partial charge >= 0.3 is 5.97 Å². The van der Waals surface area contributed by atoms with Crippen LogP contribution in [0.2, 0.25) is 0 Å². The largest absolute Gasteiger partial charge is 0.480 e. The van der Waals surface area contributed by atoms with Gasteiger partial charge in [0, 0.05) is 0 Å². The van der Waals surface area contributed by atoms with Crippen molar-refractivity contribution in [2.45, 2.75) is 50.0 Å². The van der Waals surface area contributed by atoms with Gasteiger partial charge in [-0.1, -0.05) is 0 Å². The molecule has 34 heavy (non-hydrogen) atoms. The molecule has 0 rings (SSSR count). The number of aliphatic hydroxyl groups is 2. The van der Waals surface area contributed by atoms with Crippen molar-refractivity contribution in [1.29, 1.82) is 0 Å². The second kappa shape index (κ2) is 15.8. The molecule has 194 valence electrons.